The predicted molar refractivity (Wildman–Crippen MR) is 104 cm³/mol. The number of nitrogens with zero attached hydrogens (tertiary/aromatic N) is 2. The highest BCUT2D eigenvalue weighted by molar-refractivity contribution is 7.20. The van der Waals surface area contributed by atoms with Crippen molar-refractivity contribution in [3.8, 4) is 0 Å². The molecule has 0 bridgehead atoms. The number of aryl methyl sites for hydroxylation is 2. The smallest absolute Gasteiger partial charge is 0.348 e. The molecule has 0 aliphatic heterocycles. The van der Waals surface area contributed by atoms with Crippen LogP contribution in [0.15, 0.2) is 46.0 Å². The molecule has 9 heteroatoms. The van der Waals surface area contributed by atoms with Gasteiger partial charge in [-0.1, -0.05) is 30.3 Å². The lowest BCUT2D eigenvalue weighted by Crippen LogP contribution is -2.41. The molecular weight excluding hydrogens is 384 g/mol. The van der Waals surface area contributed by atoms with E-state index in [1.54, 1.807) is 6.92 Å². The molecule has 0 aliphatic rings. The number of rotatable bonds is 7. The van der Waals surface area contributed by atoms with E-state index in [4.69, 9.17) is 9.84 Å². The summed E-state index contributed by atoms with van der Waals surface area (Å²) in [4.78, 5) is 49.2. The van der Waals surface area contributed by atoms with Crippen LogP contribution in [0, 0.1) is 0 Å². The fraction of sp³-hybridized carbons (Fsp3) is 0.263. The molecule has 0 spiro atoms. The van der Waals surface area contributed by atoms with Gasteiger partial charge in [0.2, 0.25) is 0 Å². The van der Waals surface area contributed by atoms with E-state index in [9.17, 15) is 19.2 Å². The first-order valence-electron chi connectivity index (χ1n) is 8.62. The highest BCUT2D eigenvalue weighted by atomic mass is 32.1. The van der Waals surface area contributed by atoms with Gasteiger partial charge in [-0.3, -0.25) is 14.2 Å². The zero-order valence-electron chi connectivity index (χ0n) is 15.1. The monoisotopic (exact) mass is 402 g/mol. The third kappa shape index (κ3) is 3.89. The maximum atomic E-state index is 12.8. The van der Waals surface area contributed by atoms with Crippen LogP contribution in [0.4, 0.5) is 0 Å². The number of hydrogen-bond donors (Lipinski definition) is 1. The van der Waals surface area contributed by atoms with Crippen molar-refractivity contribution in [1.29, 1.82) is 0 Å². The number of thiophene rings is 1. The molecule has 2 aromatic heterocycles. The van der Waals surface area contributed by atoms with Gasteiger partial charge in [0, 0.05) is 6.54 Å². The van der Waals surface area contributed by atoms with E-state index in [1.165, 1.54) is 10.6 Å². The number of carbonyl (C=O) groups excluding carboxylic acids is 1. The molecule has 0 unspecified atom stereocenters. The van der Waals surface area contributed by atoms with Crippen LogP contribution in [0.5, 0.6) is 0 Å². The van der Waals surface area contributed by atoms with Crippen LogP contribution in [0.3, 0.4) is 0 Å². The Hall–Kier alpha value is -3.20. The molecule has 0 fully saturated rings. The van der Waals surface area contributed by atoms with Crippen LogP contribution in [0.25, 0.3) is 10.2 Å². The lowest BCUT2D eigenvalue weighted by atomic mass is 10.1. The minimum atomic E-state index is -1.30. The second-order valence-electron chi connectivity index (χ2n) is 6.00. The third-order valence-corrected chi connectivity index (χ3v) is 5.27. The first-order chi connectivity index (χ1) is 13.4. The maximum Gasteiger partial charge on any atom is 0.348 e. The van der Waals surface area contributed by atoms with Crippen molar-refractivity contribution in [3.05, 3.63) is 67.7 Å². The van der Waals surface area contributed by atoms with Crippen LogP contribution in [-0.2, 0) is 29.0 Å². The number of carboxylic acid groups (broad SMARTS) is 1. The number of benzene rings is 1. The van der Waals surface area contributed by atoms with Gasteiger partial charge in [0.15, 0.2) is 0 Å². The largest absolute Gasteiger partial charge is 0.480 e. The Morgan fingerprint density at radius 3 is 2.50 bits per heavy atom. The van der Waals surface area contributed by atoms with E-state index >= 15 is 0 Å². The molecule has 1 aromatic carbocycles. The molecule has 0 aliphatic carbocycles. The Morgan fingerprint density at radius 2 is 1.86 bits per heavy atom. The van der Waals surface area contributed by atoms with E-state index in [0.29, 0.717) is 15.8 Å². The summed E-state index contributed by atoms with van der Waals surface area (Å²) in [6, 6.07) is 10.8. The summed E-state index contributed by atoms with van der Waals surface area (Å²) in [7, 11) is 0. The van der Waals surface area contributed by atoms with E-state index in [-0.39, 0.29) is 23.4 Å². The van der Waals surface area contributed by atoms with Gasteiger partial charge in [0.05, 0.1) is 12.0 Å². The van der Waals surface area contributed by atoms with Gasteiger partial charge in [0.1, 0.15) is 16.3 Å². The molecule has 0 saturated heterocycles. The molecule has 146 valence electrons. The molecular formula is C19H18N2O6S. The number of aromatic nitrogens is 2. The molecule has 28 heavy (non-hydrogen) atoms. The molecule has 0 radical (unpaired) electrons. The number of aliphatic carboxylic acids is 1. The Labute approximate surface area is 163 Å². The van der Waals surface area contributed by atoms with Gasteiger partial charge in [-0.05, 0) is 25.0 Å². The van der Waals surface area contributed by atoms with Gasteiger partial charge in [-0.15, -0.1) is 11.3 Å². The molecule has 0 saturated carbocycles. The molecule has 8 nitrogen and oxygen atoms in total. The molecule has 2 heterocycles. The van der Waals surface area contributed by atoms with E-state index in [0.717, 1.165) is 16.9 Å². The van der Waals surface area contributed by atoms with Crippen molar-refractivity contribution in [1.82, 2.24) is 9.13 Å². The van der Waals surface area contributed by atoms with Gasteiger partial charge < -0.3 is 9.84 Å². The van der Waals surface area contributed by atoms with E-state index in [2.05, 4.69) is 0 Å². The van der Waals surface area contributed by atoms with Crippen molar-refractivity contribution < 1.29 is 19.4 Å². The molecule has 0 atom stereocenters. The summed E-state index contributed by atoms with van der Waals surface area (Å²) in [5.74, 6) is -1.89. The van der Waals surface area contributed by atoms with Gasteiger partial charge in [-0.25, -0.2) is 14.2 Å². The SMILES string of the molecule is CCOC(=O)c1cc2c(=O)n(CC(=O)O)c(=O)n(CCc3ccccc3)c2s1. The lowest BCUT2D eigenvalue weighted by molar-refractivity contribution is -0.137. The molecule has 0 amide bonds. The third-order valence-electron chi connectivity index (χ3n) is 4.13. The van der Waals surface area contributed by atoms with Crippen LogP contribution >= 0.6 is 11.3 Å². The average molecular weight is 402 g/mol. The zero-order chi connectivity index (χ0) is 20.3. The first-order valence-corrected chi connectivity index (χ1v) is 9.44. The molecule has 3 rings (SSSR count). The van der Waals surface area contributed by atoms with Crippen LogP contribution in [0.2, 0.25) is 0 Å². The maximum absolute atomic E-state index is 12.8. The Morgan fingerprint density at radius 1 is 1.14 bits per heavy atom. The van der Waals surface area contributed by atoms with Crippen molar-refractivity contribution in [2.24, 2.45) is 0 Å². The number of carboxylic acids is 1. The van der Waals surface area contributed by atoms with Crippen LogP contribution in [0.1, 0.15) is 22.2 Å². The van der Waals surface area contributed by atoms with Crippen molar-refractivity contribution in [2.75, 3.05) is 6.61 Å². The van der Waals surface area contributed by atoms with Crippen molar-refractivity contribution in [3.63, 3.8) is 0 Å². The minimum absolute atomic E-state index is 0.127. The zero-order valence-corrected chi connectivity index (χ0v) is 15.9. The average Bonchev–Trinajstić information content (AvgIpc) is 3.11. The summed E-state index contributed by atoms with van der Waals surface area (Å²) >= 11 is 0.991. The topological polar surface area (TPSA) is 108 Å². The summed E-state index contributed by atoms with van der Waals surface area (Å²) in [6.07, 6.45) is 0.508. The Balaban J connectivity index is 2.15. The second kappa shape index (κ2) is 8.22. The number of hydrogen-bond acceptors (Lipinski definition) is 6. The fourth-order valence-electron chi connectivity index (χ4n) is 2.86. The predicted octanol–water partition coefficient (Wildman–Crippen LogP) is 1.73. The summed E-state index contributed by atoms with van der Waals surface area (Å²) in [5, 5.41) is 9.20. The molecule has 3 aromatic rings. The summed E-state index contributed by atoms with van der Waals surface area (Å²) in [6.45, 7) is 1.34. The van der Waals surface area contributed by atoms with Crippen molar-refractivity contribution >= 4 is 33.5 Å². The quantitative estimate of drug-likeness (QED) is 0.603. The second-order valence-corrected chi connectivity index (χ2v) is 7.04. The number of fused-ring (bicyclic) bond motifs is 1. The highest BCUT2D eigenvalue weighted by Gasteiger charge is 2.20. The van der Waals surface area contributed by atoms with Gasteiger partial charge in [0.25, 0.3) is 5.56 Å². The van der Waals surface area contributed by atoms with E-state index in [1.807, 2.05) is 30.3 Å². The number of esters is 1. The highest BCUT2D eigenvalue weighted by Crippen LogP contribution is 2.23. The molecule has 1 N–H and O–H groups in total. The van der Waals surface area contributed by atoms with Crippen molar-refractivity contribution in [2.45, 2.75) is 26.4 Å². The fourth-order valence-corrected chi connectivity index (χ4v) is 3.92. The standard InChI is InChI=1S/C19H18N2O6S/c1-2-27-18(25)14-10-13-16(24)21(11-15(22)23)19(26)20(17(13)28-14)9-8-12-6-4-3-5-7-12/h3-7,10H,2,8-9,11H2,1H3,(H,22,23). The Kier molecular flexibility index (Phi) is 5.74. The van der Waals surface area contributed by atoms with Gasteiger partial charge >= 0.3 is 17.6 Å². The van der Waals surface area contributed by atoms with Crippen LogP contribution < -0.4 is 11.2 Å². The van der Waals surface area contributed by atoms with E-state index < -0.39 is 29.7 Å². The number of carbonyl (C=O) groups is 2. The number of ether oxygens (including phenoxy) is 1. The van der Waals surface area contributed by atoms with Crippen LogP contribution in [-0.4, -0.2) is 32.8 Å². The normalized spacial score (nSPS) is 10.9. The minimum Gasteiger partial charge on any atom is -0.480 e. The lowest BCUT2D eigenvalue weighted by Gasteiger charge is -2.10. The first kappa shape index (κ1) is 19.6. The summed E-state index contributed by atoms with van der Waals surface area (Å²) < 4.78 is 7.00. The Bertz CT molecular complexity index is 1140. The van der Waals surface area contributed by atoms with Gasteiger partial charge in [-0.2, -0.15) is 0 Å². The summed E-state index contributed by atoms with van der Waals surface area (Å²) in [5.41, 5.74) is -0.459.